The van der Waals surface area contributed by atoms with Crippen LogP contribution in [0.1, 0.15) is 22.6 Å². The average Bonchev–Trinajstić information content (AvgIpc) is 2.69. The van der Waals surface area contributed by atoms with Gasteiger partial charge in [0.15, 0.2) is 0 Å². The predicted molar refractivity (Wildman–Crippen MR) is 103 cm³/mol. The van der Waals surface area contributed by atoms with E-state index in [0.29, 0.717) is 11.6 Å². The summed E-state index contributed by atoms with van der Waals surface area (Å²) in [6.45, 7) is 0.676. The number of halogens is 1. The lowest BCUT2D eigenvalue weighted by atomic mass is 9.90. The second-order valence-corrected chi connectivity index (χ2v) is 6.36. The quantitative estimate of drug-likeness (QED) is 0.441. The van der Waals surface area contributed by atoms with E-state index in [-0.39, 0.29) is 0 Å². The van der Waals surface area contributed by atoms with Gasteiger partial charge in [0.2, 0.25) is 0 Å². The molecule has 0 aliphatic heterocycles. The van der Waals surface area contributed by atoms with Crippen LogP contribution in [-0.4, -0.2) is 11.1 Å². The summed E-state index contributed by atoms with van der Waals surface area (Å²) in [5.41, 5.74) is 5.46. The molecule has 5 heteroatoms. The van der Waals surface area contributed by atoms with Gasteiger partial charge in [0.25, 0.3) is 5.91 Å². The molecule has 0 heterocycles. The first-order valence-corrected chi connectivity index (χ1v) is 8.62. The standard InChI is InChI=1S/C21H19ClN2O2/c22-18-10-6-15(7-11-18)14-23-19-12-8-17(9-13-19)20(21(25)24-26)16-4-2-1-3-5-16/h1-13,20,23,26H,14H2,(H,24,25). The SMILES string of the molecule is O=C(NO)C(c1ccccc1)c1ccc(NCc2ccc(Cl)cc2)cc1. The number of anilines is 1. The van der Waals surface area contributed by atoms with Crippen LogP contribution in [0.25, 0.3) is 0 Å². The van der Waals surface area contributed by atoms with E-state index in [4.69, 9.17) is 16.8 Å². The Morgan fingerprint density at radius 2 is 1.50 bits per heavy atom. The molecule has 0 radical (unpaired) electrons. The molecule has 3 aromatic rings. The van der Waals surface area contributed by atoms with Crippen LogP contribution in [0.4, 0.5) is 5.69 Å². The fourth-order valence-corrected chi connectivity index (χ4v) is 2.93. The molecule has 1 unspecified atom stereocenters. The normalized spacial score (nSPS) is 11.6. The largest absolute Gasteiger partial charge is 0.381 e. The molecule has 0 saturated heterocycles. The number of carbonyl (C=O) groups is 1. The molecule has 3 aromatic carbocycles. The van der Waals surface area contributed by atoms with Crippen LogP contribution < -0.4 is 10.8 Å². The first-order valence-electron chi connectivity index (χ1n) is 8.24. The van der Waals surface area contributed by atoms with Crippen LogP contribution in [0.3, 0.4) is 0 Å². The molecule has 3 N–H and O–H groups in total. The van der Waals surface area contributed by atoms with Crippen molar-refractivity contribution in [2.75, 3.05) is 5.32 Å². The Bertz CT molecular complexity index is 849. The lowest BCUT2D eigenvalue weighted by Gasteiger charge is -2.16. The third-order valence-electron chi connectivity index (χ3n) is 4.16. The number of benzene rings is 3. The summed E-state index contributed by atoms with van der Waals surface area (Å²) >= 11 is 5.89. The summed E-state index contributed by atoms with van der Waals surface area (Å²) in [4.78, 5) is 12.1. The van der Waals surface area contributed by atoms with Crippen molar-refractivity contribution in [1.29, 1.82) is 0 Å². The van der Waals surface area contributed by atoms with Crippen LogP contribution >= 0.6 is 11.6 Å². The smallest absolute Gasteiger partial charge is 0.255 e. The van der Waals surface area contributed by atoms with E-state index in [0.717, 1.165) is 22.4 Å². The molecule has 0 aromatic heterocycles. The summed E-state index contributed by atoms with van der Waals surface area (Å²) < 4.78 is 0. The first-order chi connectivity index (χ1) is 12.7. The second-order valence-electron chi connectivity index (χ2n) is 5.92. The molecule has 0 fully saturated rings. The lowest BCUT2D eigenvalue weighted by Crippen LogP contribution is -2.27. The van der Waals surface area contributed by atoms with E-state index < -0.39 is 11.8 Å². The zero-order valence-electron chi connectivity index (χ0n) is 14.0. The summed E-state index contributed by atoms with van der Waals surface area (Å²) in [5, 5.41) is 13.1. The molecule has 132 valence electrons. The van der Waals surface area contributed by atoms with Crippen LogP contribution in [0.5, 0.6) is 0 Å². The number of nitrogens with one attached hydrogen (secondary N) is 2. The molecule has 26 heavy (non-hydrogen) atoms. The third kappa shape index (κ3) is 4.42. The Hall–Kier alpha value is -2.82. The summed E-state index contributed by atoms with van der Waals surface area (Å²) in [5.74, 6) is -1.02. The Labute approximate surface area is 157 Å². The van der Waals surface area contributed by atoms with Crippen molar-refractivity contribution < 1.29 is 10.0 Å². The van der Waals surface area contributed by atoms with E-state index in [1.165, 1.54) is 0 Å². The number of carbonyl (C=O) groups excluding carboxylic acids is 1. The highest BCUT2D eigenvalue weighted by molar-refractivity contribution is 6.30. The third-order valence-corrected chi connectivity index (χ3v) is 4.41. The molecule has 3 rings (SSSR count). The number of hydrogen-bond acceptors (Lipinski definition) is 3. The first kappa shape index (κ1) is 18.0. The van der Waals surface area contributed by atoms with Crippen LogP contribution in [0.2, 0.25) is 5.02 Å². The Balaban J connectivity index is 1.74. The van der Waals surface area contributed by atoms with Gasteiger partial charge in [-0.2, -0.15) is 0 Å². The fourth-order valence-electron chi connectivity index (χ4n) is 2.81. The second kappa shape index (κ2) is 8.52. The molecule has 0 aliphatic rings. The van der Waals surface area contributed by atoms with E-state index in [1.54, 1.807) is 5.48 Å². The fraction of sp³-hybridized carbons (Fsp3) is 0.0952. The van der Waals surface area contributed by atoms with Crippen LogP contribution in [0, 0.1) is 0 Å². The van der Waals surface area contributed by atoms with Gasteiger partial charge in [-0.05, 0) is 41.0 Å². The minimum absolute atomic E-state index is 0.460. The van der Waals surface area contributed by atoms with Crippen molar-refractivity contribution in [3.8, 4) is 0 Å². The van der Waals surface area contributed by atoms with Gasteiger partial charge in [-0.3, -0.25) is 10.0 Å². The van der Waals surface area contributed by atoms with Gasteiger partial charge in [-0.25, -0.2) is 5.48 Å². The number of amides is 1. The van der Waals surface area contributed by atoms with Gasteiger partial charge in [-0.15, -0.1) is 0 Å². The Morgan fingerprint density at radius 3 is 2.12 bits per heavy atom. The number of hydroxylamine groups is 1. The highest BCUT2D eigenvalue weighted by Crippen LogP contribution is 2.26. The maximum Gasteiger partial charge on any atom is 0.255 e. The van der Waals surface area contributed by atoms with Crippen molar-refractivity contribution >= 4 is 23.2 Å². The topological polar surface area (TPSA) is 61.4 Å². The number of hydrogen-bond donors (Lipinski definition) is 3. The molecule has 0 spiro atoms. The molecule has 1 atom stereocenters. The van der Waals surface area contributed by atoms with Crippen molar-refractivity contribution in [3.63, 3.8) is 0 Å². The molecule has 0 bridgehead atoms. The summed E-state index contributed by atoms with van der Waals surface area (Å²) in [6.07, 6.45) is 0. The Kier molecular flexibility index (Phi) is 5.89. The molecule has 0 aliphatic carbocycles. The Morgan fingerprint density at radius 1 is 0.885 bits per heavy atom. The van der Waals surface area contributed by atoms with Gasteiger partial charge in [0, 0.05) is 17.3 Å². The van der Waals surface area contributed by atoms with E-state index in [9.17, 15) is 4.79 Å². The molecule has 0 saturated carbocycles. The maximum absolute atomic E-state index is 12.1. The monoisotopic (exact) mass is 366 g/mol. The van der Waals surface area contributed by atoms with Crippen LogP contribution in [0.15, 0.2) is 78.9 Å². The molecular weight excluding hydrogens is 348 g/mol. The summed E-state index contributed by atoms with van der Waals surface area (Å²) in [7, 11) is 0. The van der Waals surface area contributed by atoms with Crippen molar-refractivity contribution in [2.24, 2.45) is 0 Å². The highest BCUT2D eigenvalue weighted by Gasteiger charge is 2.22. The van der Waals surface area contributed by atoms with Gasteiger partial charge in [0.1, 0.15) is 0 Å². The van der Waals surface area contributed by atoms with Gasteiger partial charge in [0.05, 0.1) is 5.92 Å². The van der Waals surface area contributed by atoms with Crippen molar-refractivity contribution in [1.82, 2.24) is 5.48 Å². The zero-order valence-corrected chi connectivity index (χ0v) is 14.8. The summed E-state index contributed by atoms with van der Waals surface area (Å²) in [6, 6.07) is 24.6. The van der Waals surface area contributed by atoms with Crippen molar-refractivity contribution in [3.05, 3.63) is 101 Å². The van der Waals surface area contributed by atoms with Crippen LogP contribution in [-0.2, 0) is 11.3 Å². The highest BCUT2D eigenvalue weighted by atomic mass is 35.5. The maximum atomic E-state index is 12.1. The minimum Gasteiger partial charge on any atom is -0.381 e. The van der Waals surface area contributed by atoms with E-state index in [1.807, 2.05) is 78.9 Å². The molecular formula is C21H19ClN2O2. The number of rotatable bonds is 6. The minimum atomic E-state index is -0.563. The van der Waals surface area contributed by atoms with Gasteiger partial charge >= 0.3 is 0 Å². The average molecular weight is 367 g/mol. The molecule has 1 amide bonds. The lowest BCUT2D eigenvalue weighted by molar-refractivity contribution is -0.129. The van der Waals surface area contributed by atoms with Gasteiger partial charge in [-0.1, -0.05) is 66.2 Å². The van der Waals surface area contributed by atoms with E-state index in [2.05, 4.69) is 5.32 Å². The molecule has 4 nitrogen and oxygen atoms in total. The van der Waals surface area contributed by atoms with Crippen molar-refractivity contribution in [2.45, 2.75) is 12.5 Å². The van der Waals surface area contributed by atoms with Gasteiger partial charge < -0.3 is 5.32 Å². The zero-order chi connectivity index (χ0) is 18.4. The predicted octanol–water partition coefficient (Wildman–Crippen LogP) is 4.59. The van der Waals surface area contributed by atoms with E-state index >= 15 is 0 Å².